The van der Waals surface area contributed by atoms with Crippen molar-refractivity contribution in [3.63, 3.8) is 0 Å². The standard InChI is InChI=1S/C15H24N2O5S/c1-4-22-14-8-6-5-7-13(14)17(23(3,19)20)11-9-15(18)16-10-12-21-2/h5-8H,4,9-12H2,1-3H3,(H,16,18). The van der Waals surface area contributed by atoms with E-state index in [9.17, 15) is 13.2 Å². The number of hydrogen-bond acceptors (Lipinski definition) is 5. The SMILES string of the molecule is CCOc1ccccc1N(CCC(=O)NCCOC)S(C)(=O)=O. The van der Waals surface area contributed by atoms with Crippen LogP contribution in [0.4, 0.5) is 5.69 Å². The Labute approximate surface area is 137 Å². The van der Waals surface area contributed by atoms with E-state index in [4.69, 9.17) is 9.47 Å². The summed E-state index contributed by atoms with van der Waals surface area (Å²) in [7, 11) is -1.99. The maximum Gasteiger partial charge on any atom is 0.232 e. The van der Waals surface area contributed by atoms with Crippen molar-refractivity contribution in [1.82, 2.24) is 5.32 Å². The highest BCUT2D eigenvalue weighted by Crippen LogP contribution is 2.29. The first-order valence-electron chi connectivity index (χ1n) is 7.35. The van der Waals surface area contributed by atoms with Crippen LogP contribution in [-0.2, 0) is 19.6 Å². The lowest BCUT2D eigenvalue weighted by Gasteiger charge is -2.24. The number of para-hydroxylation sites is 2. The Morgan fingerprint density at radius 1 is 1.30 bits per heavy atom. The molecule has 8 heteroatoms. The first kappa shape index (κ1) is 19.2. The molecule has 7 nitrogen and oxygen atoms in total. The third-order valence-corrected chi connectivity index (χ3v) is 4.18. The zero-order valence-corrected chi connectivity index (χ0v) is 14.6. The van der Waals surface area contributed by atoms with Crippen molar-refractivity contribution in [2.75, 3.05) is 44.0 Å². The summed E-state index contributed by atoms with van der Waals surface area (Å²) in [6.45, 7) is 3.09. The van der Waals surface area contributed by atoms with Gasteiger partial charge in [0.1, 0.15) is 5.75 Å². The van der Waals surface area contributed by atoms with Gasteiger partial charge in [-0.2, -0.15) is 0 Å². The molecule has 0 saturated carbocycles. The largest absolute Gasteiger partial charge is 0.492 e. The molecule has 23 heavy (non-hydrogen) atoms. The number of carbonyl (C=O) groups excluding carboxylic acids is 1. The van der Waals surface area contributed by atoms with Crippen molar-refractivity contribution < 1.29 is 22.7 Å². The van der Waals surface area contributed by atoms with Gasteiger partial charge < -0.3 is 14.8 Å². The van der Waals surface area contributed by atoms with Crippen LogP contribution in [0.1, 0.15) is 13.3 Å². The summed E-state index contributed by atoms with van der Waals surface area (Å²) in [6.07, 6.45) is 1.16. The molecule has 0 spiro atoms. The predicted octanol–water partition coefficient (Wildman–Crippen LogP) is 1.00. The van der Waals surface area contributed by atoms with Gasteiger partial charge in [-0.05, 0) is 19.1 Å². The number of nitrogens with zero attached hydrogens (tertiary/aromatic N) is 1. The normalized spacial score (nSPS) is 11.1. The Balaban J connectivity index is 2.85. The zero-order valence-electron chi connectivity index (χ0n) is 13.7. The summed E-state index contributed by atoms with van der Waals surface area (Å²) in [5, 5.41) is 2.66. The van der Waals surface area contributed by atoms with Gasteiger partial charge in [-0.3, -0.25) is 9.10 Å². The monoisotopic (exact) mass is 344 g/mol. The minimum Gasteiger partial charge on any atom is -0.492 e. The van der Waals surface area contributed by atoms with Crippen LogP contribution in [0.25, 0.3) is 0 Å². The topological polar surface area (TPSA) is 84.9 Å². The molecule has 0 aliphatic heterocycles. The maximum absolute atomic E-state index is 12.1. The molecule has 1 N–H and O–H groups in total. The lowest BCUT2D eigenvalue weighted by Crippen LogP contribution is -2.35. The Morgan fingerprint density at radius 3 is 2.61 bits per heavy atom. The highest BCUT2D eigenvalue weighted by molar-refractivity contribution is 7.92. The van der Waals surface area contributed by atoms with Gasteiger partial charge in [0.05, 0.1) is 25.2 Å². The molecule has 0 radical (unpaired) electrons. The van der Waals surface area contributed by atoms with Gasteiger partial charge in [-0.1, -0.05) is 12.1 Å². The molecule has 0 heterocycles. The average molecular weight is 344 g/mol. The van der Waals surface area contributed by atoms with Crippen molar-refractivity contribution in [2.24, 2.45) is 0 Å². The lowest BCUT2D eigenvalue weighted by molar-refractivity contribution is -0.121. The van der Waals surface area contributed by atoms with Crippen LogP contribution >= 0.6 is 0 Å². The van der Waals surface area contributed by atoms with E-state index in [0.29, 0.717) is 31.2 Å². The molecule has 0 atom stereocenters. The van der Waals surface area contributed by atoms with Crippen molar-refractivity contribution in [1.29, 1.82) is 0 Å². The first-order valence-corrected chi connectivity index (χ1v) is 9.20. The van der Waals surface area contributed by atoms with Crippen LogP contribution in [0.3, 0.4) is 0 Å². The molecule has 1 amide bonds. The van der Waals surface area contributed by atoms with E-state index in [2.05, 4.69) is 5.32 Å². The van der Waals surface area contributed by atoms with Crippen LogP contribution in [0.2, 0.25) is 0 Å². The molecule has 0 aromatic heterocycles. The van der Waals surface area contributed by atoms with Crippen molar-refractivity contribution >= 4 is 21.6 Å². The van der Waals surface area contributed by atoms with Crippen molar-refractivity contribution in [3.05, 3.63) is 24.3 Å². The molecule has 1 aromatic carbocycles. The number of anilines is 1. The molecule has 0 fully saturated rings. The lowest BCUT2D eigenvalue weighted by atomic mass is 10.2. The second-order valence-electron chi connectivity index (χ2n) is 4.83. The van der Waals surface area contributed by atoms with E-state index in [-0.39, 0.29) is 18.9 Å². The van der Waals surface area contributed by atoms with Crippen LogP contribution < -0.4 is 14.4 Å². The van der Waals surface area contributed by atoms with E-state index in [1.54, 1.807) is 31.4 Å². The zero-order chi connectivity index (χ0) is 17.3. The average Bonchev–Trinajstić information content (AvgIpc) is 2.48. The molecule has 0 bridgehead atoms. The van der Waals surface area contributed by atoms with E-state index in [1.165, 1.54) is 4.31 Å². The number of nitrogens with one attached hydrogen (secondary N) is 1. The van der Waals surface area contributed by atoms with Gasteiger partial charge in [0, 0.05) is 26.6 Å². The molecule has 0 saturated heterocycles. The highest BCUT2D eigenvalue weighted by atomic mass is 32.2. The summed E-state index contributed by atoms with van der Waals surface area (Å²) >= 11 is 0. The minimum absolute atomic E-state index is 0.0434. The van der Waals surface area contributed by atoms with Crippen LogP contribution in [-0.4, -0.2) is 54.0 Å². The molecular formula is C15H24N2O5S. The van der Waals surface area contributed by atoms with Crippen molar-refractivity contribution in [2.45, 2.75) is 13.3 Å². The van der Waals surface area contributed by atoms with E-state index in [0.717, 1.165) is 6.26 Å². The fourth-order valence-electron chi connectivity index (χ4n) is 1.99. The fourth-order valence-corrected chi connectivity index (χ4v) is 2.92. The van der Waals surface area contributed by atoms with Gasteiger partial charge in [0.25, 0.3) is 0 Å². The van der Waals surface area contributed by atoms with Gasteiger partial charge in [0.15, 0.2) is 0 Å². The molecule has 0 aliphatic carbocycles. The Kier molecular flexibility index (Phi) is 7.84. The summed E-state index contributed by atoms with van der Waals surface area (Å²) < 4.78 is 35.7. The molecule has 1 rings (SSSR count). The molecular weight excluding hydrogens is 320 g/mol. The van der Waals surface area contributed by atoms with E-state index < -0.39 is 10.0 Å². The molecule has 1 aromatic rings. The third-order valence-electron chi connectivity index (χ3n) is 3.00. The summed E-state index contributed by atoms with van der Waals surface area (Å²) in [6, 6.07) is 6.87. The number of amides is 1. The van der Waals surface area contributed by atoms with E-state index >= 15 is 0 Å². The molecule has 0 aliphatic rings. The Bertz CT molecular complexity index is 604. The summed E-state index contributed by atoms with van der Waals surface area (Å²) in [5.74, 6) is 0.241. The highest BCUT2D eigenvalue weighted by Gasteiger charge is 2.21. The number of benzene rings is 1. The Hall–Kier alpha value is -1.80. The maximum atomic E-state index is 12.1. The second kappa shape index (κ2) is 9.36. The van der Waals surface area contributed by atoms with E-state index in [1.807, 2.05) is 6.92 Å². The number of carbonyl (C=O) groups is 1. The number of hydrogen-bond donors (Lipinski definition) is 1. The number of ether oxygens (including phenoxy) is 2. The van der Waals surface area contributed by atoms with Gasteiger partial charge in [-0.25, -0.2) is 8.42 Å². The summed E-state index contributed by atoms with van der Waals surface area (Å²) in [5.41, 5.74) is 0.432. The minimum atomic E-state index is -3.53. The first-order chi connectivity index (χ1) is 10.9. The van der Waals surface area contributed by atoms with Gasteiger partial charge >= 0.3 is 0 Å². The molecule has 130 valence electrons. The predicted molar refractivity (Wildman–Crippen MR) is 89.3 cm³/mol. The van der Waals surface area contributed by atoms with Crippen molar-refractivity contribution in [3.8, 4) is 5.75 Å². The van der Waals surface area contributed by atoms with Crippen LogP contribution in [0.5, 0.6) is 5.75 Å². The van der Waals surface area contributed by atoms with Crippen LogP contribution in [0, 0.1) is 0 Å². The third kappa shape index (κ3) is 6.45. The number of sulfonamides is 1. The number of rotatable bonds is 10. The molecule has 0 unspecified atom stereocenters. The van der Waals surface area contributed by atoms with Gasteiger partial charge in [0.2, 0.25) is 15.9 Å². The van der Waals surface area contributed by atoms with Crippen LogP contribution in [0.15, 0.2) is 24.3 Å². The fraction of sp³-hybridized carbons (Fsp3) is 0.533. The quantitative estimate of drug-likeness (QED) is 0.640. The Morgan fingerprint density at radius 2 is 2.00 bits per heavy atom. The second-order valence-corrected chi connectivity index (χ2v) is 6.74. The van der Waals surface area contributed by atoms with Gasteiger partial charge in [-0.15, -0.1) is 0 Å². The smallest absolute Gasteiger partial charge is 0.232 e. The summed E-state index contributed by atoms with van der Waals surface area (Å²) in [4.78, 5) is 11.8. The number of methoxy groups -OCH3 is 1.